The molecule has 0 bridgehead atoms. The fourth-order valence-corrected chi connectivity index (χ4v) is 5.96. The van der Waals surface area contributed by atoms with Gasteiger partial charge in [-0.2, -0.15) is 0 Å². The quantitative estimate of drug-likeness (QED) is 0.248. The van der Waals surface area contributed by atoms with Crippen molar-refractivity contribution in [1.82, 2.24) is 10.2 Å². The van der Waals surface area contributed by atoms with Crippen molar-refractivity contribution in [3.05, 3.63) is 92.4 Å². The van der Waals surface area contributed by atoms with E-state index in [0.29, 0.717) is 22.0 Å². The molecular formula is C28H29Cl4N3O4S. The maximum Gasteiger partial charge on any atom is 0.264 e. The molecule has 2 amide bonds. The fraction of sp³-hybridized carbons (Fsp3) is 0.286. The second-order valence-corrected chi connectivity index (χ2v) is 12.7. The first-order chi connectivity index (χ1) is 18.8. The molecule has 3 aromatic rings. The number of carbonyl (C=O) groups is 2. The highest BCUT2D eigenvalue weighted by Crippen LogP contribution is 2.31. The number of halogens is 4. The summed E-state index contributed by atoms with van der Waals surface area (Å²) in [5.41, 5.74) is 0.669. The van der Waals surface area contributed by atoms with Crippen molar-refractivity contribution < 1.29 is 18.0 Å². The lowest BCUT2D eigenvalue weighted by Crippen LogP contribution is -2.52. The summed E-state index contributed by atoms with van der Waals surface area (Å²) in [6.07, 6.45) is 0.690. The molecule has 0 radical (unpaired) electrons. The molecule has 0 aliphatic heterocycles. The van der Waals surface area contributed by atoms with Crippen LogP contribution < -0.4 is 9.62 Å². The number of nitrogens with zero attached hydrogens (tertiary/aromatic N) is 2. The van der Waals surface area contributed by atoms with Gasteiger partial charge in [-0.3, -0.25) is 13.9 Å². The highest BCUT2D eigenvalue weighted by atomic mass is 35.5. The van der Waals surface area contributed by atoms with Crippen LogP contribution in [0.2, 0.25) is 20.1 Å². The van der Waals surface area contributed by atoms with Crippen molar-refractivity contribution in [1.29, 1.82) is 0 Å². The number of carbonyl (C=O) groups excluding carboxylic acids is 2. The van der Waals surface area contributed by atoms with Crippen molar-refractivity contribution in [2.24, 2.45) is 0 Å². The molecule has 3 aromatic carbocycles. The Morgan fingerprint density at radius 3 is 2.15 bits per heavy atom. The van der Waals surface area contributed by atoms with Gasteiger partial charge in [0, 0.05) is 22.6 Å². The summed E-state index contributed by atoms with van der Waals surface area (Å²) >= 11 is 24.7. The van der Waals surface area contributed by atoms with Crippen molar-refractivity contribution in [3.8, 4) is 0 Å². The highest BCUT2D eigenvalue weighted by molar-refractivity contribution is 7.92. The van der Waals surface area contributed by atoms with Crippen molar-refractivity contribution in [2.75, 3.05) is 10.8 Å². The summed E-state index contributed by atoms with van der Waals surface area (Å²) < 4.78 is 28.5. The third-order valence-electron chi connectivity index (χ3n) is 6.33. The Morgan fingerprint density at radius 1 is 0.875 bits per heavy atom. The Labute approximate surface area is 255 Å². The van der Waals surface area contributed by atoms with Gasteiger partial charge in [-0.25, -0.2) is 8.42 Å². The number of benzene rings is 3. The van der Waals surface area contributed by atoms with Crippen LogP contribution in [0, 0.1) is 0 Å². The topological polar surface area (TPSA) is 86.8 Å². The van der Waals surface area contributed by atoms with Crippen LogP contribution in [0.25, 0.3) is 0 Å². The van der Waals surface area contributed by atoms with Gasteiger partial charge in [-0.15, -0.1) is 0 Å². The molecule has 2 atom stereocenters. The molecule has 7 nitrogen and oxygen atoms in total. The first-order valence-corrected chi connectivity index (χ1v) is 15.4. The summed E-state index contributed by atoms with van der Waals surface area (Å²) in [6, 6.07) is 15.7. The Kier molecular flexibility index (Phi) is 11.1. The summed E-state index contributed by atoms with van der Waals surface area (Å²) in [5, 5.41) is 3.93. The smallest absolute Gasteiger partial charge is 0.264 e. The van der Waals surface area contributed by atoms with Gasteiger partial charge in [0.05, 0.1) is 20.6 Å². The first kappa shape index (κ1) is 32.0. The molecule has 2 unspecified atom stereocenters. The number of rotatable bonds is 11. The van der Waals surface area contributed by atoms with E-state index in [1.165, 1.54) is 41.3 Å². The molecule has 0 saturated heterocycles. The fourth-order valence-electron chi connectivity index (χ4n) is 3.77. The third-order valence-corrected chi connectivity index (χ3v) is 9.44. The van der Waals surface area contributed by atoms with E-state index in [2.05, 4.69) is 5.32 Å². The molecule has 40 heavy (non-hydrogen) atoms. The van der Waals surface area contributed by atoms with Gasteiger partial charge in [0.1, 0.15) is 12.6 Å². The summed E-state index contributed by atoms with van der Waals surface area (Å²) in [4.78, 5) is 28.3. The predicted molar refractivity (Wildman–Crippen MR) is 162 cm³/mol. The van der Waals surface area contributed by atoms with Gasteiger partial charge in [-0.05, 0) is 68.3 Å². The number of anilines is 1. The SMILES string of the molecule is CCC(C)NC(=O)C(C)N(Cc1ccc(Cl)cc1Cl)C(=O)CN(c1ccc(Cl)c(Cl)c1)S(=O)(=O)c1ccccc1. The average Bonchev–Trinajstić information content (AvgIpc) is 2.92. The zero-order valence-electron chi connectivity index (χ0n) is 22.1. The summed E-state index contributed by atoms with van der Waals surface area (Å²) in [6.45, 7) is 4.67. The molecule has 0 fully saturated rings. The van der Waals surface area contributed by atoms with Gasteiger partial charge in [0.2, 0.25) is 11.8 Å². The second kappa shape index (κ2) is 13.9. The van der Waals surface area contributed by atoms with Crippen LogP contribution >= 0.6 is 46.4 Å². The standard InChI is InChI=1S/C28H29Cl4N3O4S/c1-4-18(2)33-28(37)19(3)34(16-20-10-11-21(29)14-25(20)31)27(36)17-35(22-12-13-24(30)26(32)15-22)40(38,39)23-8-6-5-7-9-23/h5-15,18-19H,4,16-17H2,1-3H3,(H,33,37). The monoisotopic (exact) mass is 643 g/mol. The molecule has 1 N–H and O–H groups in total. The van der Waals surface area contributed by atoms with E-state index in [9.17, 15) is 18.0 Å². The minimum absolute atomic E-state index is 0.0243. The molecule has 0 saturated carbocycles. The second-order valence-electron chi connectivity index (χ2n) is 9.17. The minimum Gasteiger partial charge on any atom is -0.352 e. The van der Waals surface area contributed by atoms with Crippen LogP contribution in [0.1, 0.15) is 32.8 Å². The Balaban J connectivity index is 2.06. The molecule has 214 valence electrons. The van der Waals surface area contributed by atoms with Crippen LogP contribution in [-0.4, -0.2) is 43.8 Å². The third kappa shape index (κ3) is 7.83. The number of hydrogen-bond acceptors (Lipinski definition) is 4. The van der Waals surface area contributed by atoms with E-state index < -0.39 is 28.5 Å². The lowest BCUT2D eigenvalue weighted by molar-refractivity contribution is -0.139. The molecule has 0 spiro atoms. The first-order valence-electron chi connectivity index (χ1n) is 12.4. The largest absolute Gasteiger partial charge is 0.352 e. The lowest BCUT2D eigenvalue weighted by Gasteiger charge is -2.32. The molecule has 0 heterocycles. The molecular weight excluding hydrogens is 616 g/mol. The van der Waals surface area contributed by atoms with Crippen LogP contribution in [-0.2, 0) is 26.2 Å². The Morgan fingerprint density at radius 2 is 1.55 bits per heavy atom. The predicted octanol–water partition coefficient (Wildman–Crippen LogP) is 6.83. The zero-order valence-corrected chi connectivity index (χ0v) is 25.9. The van der Waals surface area contributed by atoms with Crippen LogP contribution in [0.15, 0.2) is 71.6 Å². The normalized spacial score (nSPS) is 12.9. The van der Waals surface area contributed by atoms with E-state index in [-0.39, 0.29) is 39.1 Å². The van der Waals surface area contributed by atoms with Gasteiger partial charge < -0.3 is 10.2 Å². The zero-order chi connectivity index (χ0) is 29.6. The summed E-state index contributed by atoms with van der Waals surface area (Å²) in [7, 11) is -4.23. The lowest BCUT2D eigenvalue weighted by atomic mass is 10.1. The summed E-state index contributed by atoms with van der Waals surface area (Å²) in [5.74, 6) is -1.02. The van der Waals surface area contributed by atoms with Crippen LogP contribution in [0.3, 0.4) is 0 Å². The van der Waals surface area contributed by atoms with Gasteiger partial charge in [0.15, 0.2) is 0 Å². The van der Waals surface area contributed by atoms with E-state index in [1.807, 2.05) is 13.8 Å². The van der Waals surface area contributed by atoms with E-state index in [1.54, 1.807) is 37.3 Å². The van der Waals surface area contributed by atoms with Crippen molar-refractivity contribution in [2.45, 2.75) is 50.7 Å². The van der Waals surface area contributed by atoms with Crippen molar-refractivity contribution >= 4 is 73.9 Å². The van der Waals surface area contributed by atoms with Gasteiger partial charge >= 0.3 is 0 Å². The van der Waals surface area contributed by atoms with Crippen molar-refractivity contribution in [3.63, 3.8) is 0 Å². The molecule has 0 aliphatic rings. The van der Waals surface area contributed by atoms with E-state index in [4.69, 9.17) is 46.4 Å². The van der Waals surface area contributed by atoms with E-state index >= 15 is 0 Å². The average molecular weight is 645 g/mol. The maximum absolute atomic E-state index is 14.0. The minimum atomic E-state index is -4.23. The Bertz CT molecular complexity index is 1470. The van der Waals surface area contributed by atoms with Crippen LogP contribution in [0.4, 0.5) is 5.69 Å². The number of sulfonamides is 1. The number of nitrogens with one attached hydrogen (secondary N) is 1. The molecule has 12 heteroatoms. The number of hydrogen-bond donors (Lipinski definition) is 1. The Hall–Kier alpha value is -2.49. The van der Waals surface area contributed by atoms with E-state index in [0.717, 1.165) is 4.31 Å². The maximum atomic E-state index is 14.0. The molecule has 0 aliphatic carbocycles. The number of amides is 2. The van der Waals surface area contributed by atoms with Crippen LogP contribution in [0.5, 0.6) is 0 Å². The van der Waals surface area contributed by atoms with Gasteiger partial charge in [-0.1, -0.05) is 77.6 Å². The highest BCUT2D eigenvalue weighted by Gasteiger charge is 2.33. The molecule has 3 rings (SSSR count). The molecule has 0 aromatic heterocycles. The van der Waals surface area contributed by atoms with Gasteiger partial charge in [0.25, 0.3) is 10.0 Å².